The fourth-order valence-electron chi connectivity index (χ4n) is 0. The number of nitrogens with two attached hydrogens (primary N) is 2. The zero-order valence-corrected chi connectivity index (χ0v) is 4.83. The van der Waals surface area contributed by atoms with E-state index in [2.05, 4.69) is 11.5 Å². The standard InChI is InChI=1S/CH5N3.NO3.H3N/c2*2-1(3)4;/h(H5,2,3,4);;1H3/q;-1;/p+1. The van der Waals surface area contributed by atoms with Gasteiger partial charge in [0.1, 0.15) is 0 Å². The van der Waals surface area contributed by atoms with E-state index in [1.807, 2.05) is 0 Å². The Bertz CT molecular complexity index is 70.2. The quantitative estimate of drug-likeness (QED) is 0.145. The highest BCUT2D eigenvalue weighted by Crippen LogP contribution is 1.44. The lowest BCUT2D eigenvalue weighted by Gasteiger charge is -1.74. The molecule has 0 unspecified atom stereocenters. The molecule has 0 aliphatic rings. The second-order valence-corrected chi connectivity index (χ2v) is 0.679. The average Bonchev–Trinajstić information content (AvgIpc) is 1.25. The molecule has 0 fully saturated rings. The molecule has 0 aromatic carbocycles. The van der Waals surface area contributed by atoms with Crippen molar-refractivity contribution in [1.82, 2.24) is 6.15 Å². The van der Waals surface area contributed by atoms with Crippen molar-refractivity contribution in [2.24, 2.45) is 11.5 Å². The number of nitrogens with zero attached hydrogens (tertiary/aromatic N) is 1. The van der Waals surface area contributed by atoms with Crippen molar-refractivity contribution in [2.45, 2.75) is 0 Å². The van der Waals surface area contributed by atoms with Crippen molar-refractivity contribution in [1.29, 1.82) is 5.41 Å². The van der Waals surface area contributed by atoms with Gasteiger partial charge >= 0.3 is 0 Å². The van der Waals surface area contributed by atoms with Gasteiger partial charge in [-0.05, 0) is 0 Å². The van der Waals surface area contributed by atoms with Gasteiger partial charge in [-0.15, -0.1) is 0 Å². The fourth-order valence-corrected chi connectivity index (χ4v) is 0. The molecule has 56 valence electrons. The van der Waals surface area contributed by atoms with Gasteiger partial charge < -0.3 is 32.9 Å². The summed E-state index contributed by atoms with van der Waals surface area (Å²) in [6, 6.07) is 0. The molecule has 0 radical (unpaired) electrons. The summed E-state index contributed by atoms with van der Waals surface area (Å²) in [5, 5.41) is 20.8. The molecule has 0 aromatic rings. The topological polar surface area (TPSA) is 179 Å². The van der Waals surface area contributed by atoms with Crippen molar-refractivity contribution in [2.75, 3.05) is 0 Å². The number of hydrogen-bond donors (Lipinski definition) is 4. The predicted octanol–water partition coefficient (Wildman–Crippen LogP) is -1.02. The van der Waals surface area contributed by atoms with Crippen LogP contribution >= 0.6 is 0 Å². The summed E-state index contributed by atoms with van der Waals surface area (Å²) >= 11 is 0. The zero-order valence-electron chi connectivity index (χ0n) is 4.83. The van der Waals surface area contributed by atoms with Crippen molar-refractivity contribution in [3.8, 4) is 0 Å². The molecule has 0 aromatic heterocycles. The molecule has 0 atom stereocenters. The van der Waals surface area contributed by atoms with Gasteiger partial charge in [0.2, 0.25) is 0 Å². The monoisotopic (exact) mass is 139 g/mol. The maximum atomic E-state index is 8.25. The molecule has 8 heteroatoms. The highest BCUT2D eigenvalue weighted by molar-refractivity contribution is 5.71. The normalized spacial score (nSPS) is 5.33. The van der Waals surface area contributed by atoms with E-state index in [0.717, 1.165) is 0 Å². The Morgan fingerprint density at radius 1 is 1.44 bits per heavy atom. The molecular formula is CH9N5O3. The zero-order chi connectivity index (χ0) is 7.15. The van der Waals surface area contributed by atoms with Crippen LogP contribution in [0.4, 0.5) is 0 Å². The van der Waals surface area contributed by atoms with E-state index in [1.165, 1.54) is 0 Å². The summed E-state index contributed by atoms with van der Waals surface area (Å²) in [4.78, 5) is 8.25. The molecule has 9 N–H and O–H groups in total. The van der Waals surface area contributed by atoms with Crippen LogP contribution in [0.5, 0.6) is 0 Å². The Morgan fingerprint density at radius 3 is 1.44 bits per heavy atom. The molecule has 0 spiro atoms. The molecule has 0 bridgehead atoms. The van der Waals surface area contributed by atoms with Crippen LogP contribution in [0, 0.1) is 20.7 Å². The van der Waals surface area contributed by atoms with E-state index in [9.17, 15) is 0 Å². The van der Waals surface area contributed by atoms with Crippen LogP contribution < -0.4 is 17.6 Å². The van der Waals surface area contributed by atoms with Crippen molar-refractivity contribution in [3.05, 3.63) is 15.3 Å². The highest BCUT2D eigenvalue weighted by atomic mass is 16.9. The Morgan fingerprint density at radius 2 is 1.44 bits per heavy atom. The number of guanidine groups is 1. The average molecular weight is 139 g/mol. The van der Waals surface area contributed by atoms with Gasteiger partial charge in [-0.1, -0.05) is 0 Å². The maximum absolute atomic E-state index is 8.25. The summed E-state index contributed by atoms with van der Waals surface area (Å²) in [7, 11) is 0. The lowest BCUT2D eigenvalue weighted by molar-refractivity contribution is -0.402. The SMILES string of the molecule is N=C(N)N.O=[N+]([O-])[O-].[NH4+]. The first kappa shape index (κ1) is 15.7. The van der Waals surface area contributed by atoms with Crippen LogP contribution in [0.3, 0.4) is 0 Å². The maximum Gasteiger partial charge on any atom is 0.183 e. The summed E-state index contributed by atoms with van der Waals surface area (Å²) in [6.45, 7) is 0. The minimum Gasteiger partial charge on any atom is -0.370 e. The Kier molecular flexibility index (Phi) is 16.8. The van der Waals surface area contributed by atoms with Crippen LogP contribution in [-0.2, 0) is 0 Å². The first-order chi connectivity index (χ1) is 3.46. The van der Waals surface area contributed by atoms with Crippen molar-refractivity contribution < 1.29 is 5.09 Å². The third-order valence-electron chi connectivity index (χ3n) is 0. The lowest BCUT2D eigenvalue weighted by atomic mass is 11.1. The molecule has 8 nitrogen and oxygen atoms in total. The fraction of sp³-hybridized carbons (Fsp3) is 0. The van der Waals surface area contributed by atoms with E-state index >= 15 is 0 Å². The van der Waals surface area contributed by atoms with Crippen LogP contribution in [-0.4, -0.2) is 11.0 Å². The van der Waals surface area contributed by atoms with Crippen LogP contribution in [0.2, 0.25) is 0 Å². The van der Waals surface area contributed by atoms with Gasteiger partial charge in [0.05, 0.1) is 5.09 Å². The number of hydrogen-bond acceptors (Lipinski definition) is 4. The molecule has 0 aliphatic heterocycles. The number of rotatable bonds is 0. The second kappa shape index (κ2) is 9.66. The largest absolute Gasteiger partial charge is 0.370 e. The molecule has 0 rings (SSSR count). The smallest absolute Gasteiger partial charge is 0.183 e. The van der Waals surface area contributed by atoms with E-state index in [4.69, 9.17) is 20.7 Å². The first-order valence-corrected chi connectivity index (χ1v) is 1.38. The van der Waals surface area contributed by atoms with Gasteiger partial charge in [0, 0.05) is 0 Å². The van der Waals surface area contributed by atoms with E-state index in [-0.39, 0.29) is 12.1 Å². The Labute approximate surface area is 50.6 Å². The third-order valence-corrected chi connectivity index (χ3v) is 0. The summed E-state index contributed by atoms with van der Waals surface area (Å²) in [6.07, 6.45) is 0. The van der Waals surface area contributed by atoms with Crippen LogP contribution in [0.15, 0.2) is 0 Å². The lowest BCUT2D eigenvalue weighted by Crippen LogP contribution is -2.20. The minimum atomic E-state index is -1.75. The number of nitrogens with one attached hydrogen (secondary N) is 1. The van der Waals surface area contributed by atoms with E-state index in [1.54, 1.807) is 0 Å². The number of quaternary nitrogens is 1. The summed E-state index contributed by atoms with van der Waals surface area (Å²) in [5.41, 5.74) is 8.94. The second-order valence-electron chi connectivity index (χ2n) is 0.679. The molecular weight excluding hydrogens is 130 g/mol. The van der Waals surface area contributed by atoms with Gasteiger partial charge in [-0.2, -0.15) is 0 Å². The summed E-state index contributed by atoms with van der Waals surface area (Å²) in [5.74, 6) is -0.333. The van der Waals surface area contributed by atoms with Crippen molar-refractivity contribution >= 4 is 5.96 Å². The van der Waals surface area contributed by atoms with E-state index in [0.29, 0.717) is 0 Å². The van der Waals surface area contributed by atoms with Crippen molar-refractivity contribution in [3.63, 3.8) is 0 Å². The van der Waals surface area contributed by atoms with E-state index < -0.39 is 5.09 Å². The third kappa shape index (κ3) is 51.2. The molecule has 0 aliphatic carbocycles. The summed E-state index contributed by atoms with van der Waals surface area (Å²) < 4.78 is 0. The van der Waals surface area contributed by atoms with Gasteiger partial charge in [0.15, 0.2) is 5.96 Å². The predicted molar refractivity (Wildman–Crippen MR) is 32.4 cm³/mol. The Balaban J connectivity index is -0.0000000720. The van der Waals surface area contributed by atoms with Gasteiger partial charge in [-0.3, -0.25) is 5.41 Å². The minimum absolute atomic E-state index is 0. The van der Waals surface area contributed by atoms with Gasteiger partial charge in [-0.25, -0.2) is 0 Å². The highest BCUT2D eigenvalue weighted by Gasteiger charge is 1.52. The molecule has 0 amide bonds. The first-order valence-electron chi connectivity index (χ1n) is 1.38. The van der Waals surface area contributed by atoms with Crippen LogP contribution in [0.1, 0.15) is 0 Å². The molecule has 0 saturated heterocycles. The molecule has 0 heterocycles. The molecule has 0 saturated carbocycles. The van der Waals surface area contributed by atoms with Gasteiger partial charge in [0.25, 0.3) is 0 Å². The molecule has 9 heavy (non-hydrogen) atoms. The van der Waals surface area contributed by atoms with Crippen LogP contribution in [0.25, 0.3) is 0 Å². The Hall–Kier alpha value is -1.57.